The lowest BCUT2D eigenvalue weighted by atomic mass is 9.69. The van der Waals surface area contributed by atoms with Crippen molar-refractivity contribution in [1.29, 1.82) is 0 Å². The van der Waals surface area contributed by atoms with E-state index in [1.54, 1.807) is 0 Å². The highest BCUT2D eigenvalue weighted by Gasteiger charge is 2.52. The maximum absolute atomic E-state index is 2.58. The second-order valence-electron chi connectivity index (χ2n) is 13.5. The van der Waals surface area contributed by atoms with Gasteiger partial charge >= 0.3 is 0 Å². The van der Waals surface area contributed by atoms with Crippen molar-refractivity contribution in [3.05, 3.63) is 204 Å². The van der Waals surface area contributed by atoms with Gasteiger partial charge in [-0.3, -0.25) is 0 Å². The Kier molecular flexibility index (Phi) is 5.41. The molecule has 1 spiro atoms. The normalized spacial score (nSPS) is 13.5. The third kappa shape index (κ3) is 3.38. The van der Waals surface area contributed by atoms with Crippen LogP contribution in [0.25, 0.3) is 76.8 Å². The summed E-state index contributed by atoms with van der Waals surface area (Å²) in [5.41, 5.74) is 15.6. The molecule has 0 saturated heterocycles. The molecule has 0 amide bonds. The standard InChI is InChI=1S/C49H30/c1-2-16-31(17-3-1)46-36-22-6-8-24-38(36)47(39-25-9-7-23-37(39)46)41-30-45-48(35-21-5-4-18-32(35)41)40-26-12-15-29-44(40)49(45)42-27-13-10-19-33(42)34-20-11-14-28-43(34)49/h1-30H. The second-order valence-corrected chi connectivity index (χ2v) is 13.5. The van der Waals surface area contributed by atoms with E-state index in [9.17, 15) is 0 Å². The molecule has 0 radical (unpaired) electrons. The number of benzene rings is 9. The Labute approximate surface area is 285 Å². The Balaban J connectivity index is 1.35. The molecule has 2 aliphatic carbocycles. The first-order valence-electron chi connectivity index (χ1n) is 17.2. The van der Waals surface area contributed by atoms with E-state index in [-0.39, 0.29) is 0 Å². The molecule has 0 fully saturated rings. The molecule has 0 unspecified atom stereocenters. The third-order valence-electron chi connectivity index (χ3n) is 11.3. The van der Waals surface area contributed by atoms with Crippen molar-refractivity contribution in [2.75, 3.05) is 0 Å². The Morgan fingerprint density at radius 2 is 0.633 bits per heavy atom. The Morgan fingerprint density at radius 3 is 1.18 bits per heavy atom. The van der Waals surface area contributed by atoms with E-state index in [1.807, 2.05) is 0 Å². The molecule has 49 heavy (non-hydrogen) atoms. The van der Waals surface area contributed by atoms with Crippen molar-refractivity contribution >= 4 is 32.3 Å². The molecule has 0 heteroatoms. The van der Waals surface area contributed by atoms with Crippen LogP contribution in [0.2, 0.25) is 0 Å². The minimum Gasteiger partial charge on any atom is -0.0622 e. The summed E-state index contributed by atoms with van der Waals surface area (Å²) in [6, 6.07) is 68.0. The van der Waals surface area contributed by atoms with E-state index in [1.165, 1.54) is 99.1 Å². The van der Waals surface area contributed by atoms with Crippen LogP contribution in [-0.4, -0.2) is 0 Å². The zero-order valence-electron chi connectivity index (χ0n) is 26.8. The average molecular weight is 619 g/mol. The predicted molar refractivity (Wildman–Crippen MR) is 206 cm³/mol. The molecule has 0 aromatic heterocycles. The Hall–Kier alpha value is -6.24. The highest BCUT2D eigenvalue weighted by Crippen LogP contribution is 2.64. The van der Waals surface area contributed by atoms with E-state index in [0.717, 1.165) is 0 Å². The van der Waals surface area contributed by atoms with Crippen molar-refractivity contribution in [3.8, 4) is 44.5 Å². The van der Waals surface area contributed by atoms with Crippen LogP contribution in [0.5, 0.6) is 0 Å². The van der Waals surface area contributed by atoms with Crippen LogP contribution in [0.15, 0.2) is 182 Å². The summed E-state index contributed by atoms with van der Waals surface area (Å²) in [5, 5.41) is 7.71. The van der Waals surface area contributed by atoms with E-state index in [0.29, 0.717) is 0 Å². The largest absolute Gasteiger partial charge is 0.0725 e. The maximum Gasteiger partial charge on any atom is 0.0725 e. The molecule has 0 N–H and O–H groups in total. The fraction of sp³-hybridized carbons (Fsp3) is 0.0204. The van der Waals surface area contributed by atoms with Gasteiger partial charge in [0, 0.05) is 0 Å². The van der Waals surface area contributed by atoms with Gasteiger partial charge in [0.15, 0.2) is 0 Å². The molecule has 226 valence electrons. The average Bonchev–Trinajstić information content (AvgIpc) is 3.64. The van der Waals surface area contributed by atoms with Crippen LogP contribution in [0.1, 0.15) is 22.3 Å². The van der Waals surface area contributed by atoms with Gasteiger partial charge < -0.3 is 0 Å². The van der Waals surface area contributed by atoms with E-state index >= 15 is 0 Å². The van der Waals surface area contributed by atoms with Crippen LogP contribution in [0.3, 0.4) is 0 Å². The molecule has 9 aromatic carbocycles. The van der Waals surface area contributed by atoms with E-state index in [4.69, 9.17) is 0 Å². The summed E-state index contributed by atoms with van der Waals surface area (Å²) in [6.07, 6.45) is 0. The highest BCUT2D eigenvalue weighted by atomic mass is 14.5. The van der Waals surface area contributed by atoms with Gasteiger partial charge in [-0.15, -0.1) is 0 Å². The molecule has 0 heterocycles. The maximum atomic E-state index is 2.58. The van der Waals surface area contributed by atoms with Gasteiger partial charge in [-0.1, -0.05) is 176 Å². The lowest BCUT2D eigenvalue weighted by molar-refractivity contribution is 0.795. The zero-order chi connectivity index (χ0) is 32.1. The molecule has 11 rings (SSSR count). The highest BCUT2D eigenvalue weighted by molar-refractivity contribution is 6.24. The molecular formula is C49H30. The molecule has 0 bridgehead atoms. The number of hydrogen-bond acceptors (Lipinski definition) is 0. The van der Waals surface area contributed by atoms with Crippen molar-refractivity contribution in [2.24, 2.45) is 0 Å². The Bertz CT molecular complexity index is 2720. The first-order chi connectivity index (χ1) is 24.4. The topological polar surface area (TPSA) is 0 Å². The zero-order valence-corrected chi connectivity index (χ0v) is 26.8. The Morgan fingerprint density at radius 1 is 0.245 bits per heavy atom. The molecule has 0 saturated carbocycles. The van der Waals surface area contributed by atoms with Gasteiger partial charge in [0.05, 0.1) is 5.41 Å². The van der Waals surface area contributed by atoms with Crippen molar-refractivity contribution < 1.29 is 0 Å². The summed E-state index contributed by atoms with van der Waals surface area (Å²) in [4.78, 5) is 0. The number of hydrogen-bond donors (Lipinski definition) is 0. The number of rotatable bonds is 2. The monoisotopic (exact) mass is 618 g/mol. The summed E-state index contributed by atoms with van der Waals surface area (Å²) >= 11 is 0. The first kappa shape index (κ1) is 26.8. The molecule has 2 aliphatic rings. The summed E-state index contributed by atoms with van der Waals surface area (Å²) in [7, 11) is 0. The minimum atomic E-state index is -0.409. The molecular weight excluding hydrogens is 589 g/mol. The fourth-order valence-electron chi connectivity index (χ4n) is 9.49. The molecule has 0 nitrogen and oxygen atoms in total. The van der Waals surface area contributed by atoms with Gasteiger partial charge in [0.1, 0.15) is 0 Å². The summed E-state index contributed by atoms with van der Waals surface area (Å²) in [5.74, 6) is 0. The molecule has 0 aliphatic heterocycles. The van der Waals surface area contributed by atoms with Crippen molar-refractivity contribution in [1.82, 2.24) is 0 Å². The van der Waals surface area contributed by atoms with Crippen molar-refractivity contribution in [2.45, 2.75) is 5.41 Å². The number of fused-ring (bicyclic) bond motifs is 14. The lowest BCUT2D eigenvalue weighted by Crippen LogP contribution is -2.25. The van der Waals surface area contributed by atoms with Crippen LogP contribution >= 0.6 is 0 Å². The van der Waals surface area contributed by atoms with Gasteiger partial charge in [-0.05, 0) is 105 Å². The third-order valence-corrected chi connectivity index (χ3v) is 11.3. The quantitative estimate of drug-likeness (QED) is 0.169. The SMILES string of the molecule is c1ccc(-c2c3ccccc3c(-c3cc4c(c5ccccc35)-c3ccccc3C43c4ccccc4-c4ccccc43)c3ccccc23)cc1. The van der Waals surface area contributed by atoms with Crippen LogP contribution in [-0.2, 0) is 5.41 Å². The fourth-order valence-corrected chi connectivity index (χ4v) is 9.49. The minimum absolute atomic E-state index is 0.409. The van der Waals surface area contributed by atoms with Crippen LogP contribution < -0.4 is 0 Å². The van der Waals surface area contributed by atoms with Gasteiger partial charge in [0.25, 0.3) is 0 Å². The van der Waals surface area contributed by atoms with Gasteiger partial charge in [-0.25, -0.2) is 0 Å². The summed E-state index contributed by atoms with van der Waals surface area (Å²) in [6.45, 7) is 0. The molecule has 9 aromatic rings. The second kappa shape index (κ2) is 9.89. The smallest absolute Gasteiger partial charge is 0.0622 e. The first-order valence-corrected chi connectivity index (χ1v) is 17.2. The molecule has 0 atom stereocenters. The van der Waals surface area contributed by atoms with Gasteiger partial charge in [-0.2, -0.15) is 0 Å². The van der Waals surface area contributed by atoms with E-state index in [2.05, 4.69) is 182 Å². The lowest BCUT2D eigenvalue weighted by Gasteiger charge is -2.31. The van der Waals surface area contributed by atoms with E-state index < -0.39 is 5.41 Å². The van der Waals surface area contributed by atoms with Gasteiger partial charge in [0.2, 0.25) is 0 Å². The van der Waals surface area contributed by atoms with Crippen molar-refractivity contribution in [3.63, 3.8) is 0 Å². The predicted octanol–water partition coefficient (Wildman–Crippen LogP) is 12.8. The van der Waals surface area contributed by atoms with Crippen LogP contribution in [0.4, 0.5) is 0 Å². The van der Waals surface area contributed by atoms with Crippen LogP contribution in [0, 0.1) is 0 Å². The summed E-state index contributed by atoms with van der Waals surface area (Å²) < 4.78 is 0.